The molecule has 1 heterocycles. The van der Waals surface area contributed by atoms with E-state index in [-0.39, 0.29) is 24.2 Å². The standard InChI is InChI=1S/C16H16FN3O5S/c1-24-16(21)15(13-4-3-11(8-18)7-14(13)17)20-10-19-9-12(20)5-6-25-26(2,22)23/h3-4,7,9-10,15H,5-6H2,1-2H3. The van der Waals surface area contributed by atoms with Gasteiger partial charge in [-0.1, -0.05) is 6.07 Å². The number of imidazole rings is 1. The zero-order valence-corrected chi connectivity index (χ0v) is 14.9. The molecule has 0 saturated carbocycles. The average molecular weight is 381 g/mol. The van der Waals surface area contributed by atoms with Gasteiger partial charge in [-0.15, -0.1) is 0 Å². The summed E-state index contributed by atoms with van der Waals surface area (Å²) in [5, 5.41) is 8.85. The summed E-state index contributed by atoms with van der Waals surface area (Å²) in [6.45, 7) is -0.158. The molecule has 0 saturated heterocycles. The zero-order valence-electron chi connectivity index (χ0n) is 14.0. The molecule has 0 aliphatic heterocycles. The minimum absolute atomic E-state index is 0.000804. The Bertz CT molecular complexity index is 949. The summed E-state index contributed by atoms with van der Waals surface area (Å²) < 4.78 is 47.4. The first-order valence-corrected chi connectivity index (χ1v) is 9.21. The van der Waals surface area contributed by atoms with Crippen LogP contribution in [0, 0.1) is 17.1 Å². The van der Waals surface area contributed by atoms with Crippen molar-refractivity contribution in [1.29, 1.82) is 5.26 Å². The Morgan fingerprint density at radius 1 is 1.46 bits per heavy atom. The number of esters is 1. The van der Waals surface area contributed by atoms with Crippen molar-refractivity contribution in [3.63, 3.8) is 0 Å². The molecule has 0 fully saturated rings. The van der Waals surface area contributed by atoms with E-state index in [1.165, 1.54) is 36.3 Å². The molecule has 1 aromatic carbocycles. The first-order chi connectivity index (χ1) is 12.3. The molecule has 0 spiro atoms. The van der Waals surface area contributed by atoms with Gasteiger partial charge in [-0.3, -0.25) is 4.18 Å². The Balaban J connectivity index is 2.39. The van der Waals surface area contributed by atoms with E-state index >= 15 is 0 Å². The summed E-state index contributed by atoms with van der Waals surface area (Å²) in [4.78, 5) is 16.2. The third-order valence-corrected chi connectivity index (χ3v) is 4.12. The lowest BCUT2D eigenvalue weighted by Crippen LogP contribution is -2.24. The number of aromatic nitrogens is 2. The van der Waals surface area contributed by atoms with Gasteiger partial charge in [-0.2, -0.15) is 13.7 Å². The van der Waals surface area contributed by atoms with E-state index in [4.69, 9.17) is 10.00 Å². The maximum absolute atomic E-state index is 14.4. The molecule has 1 atom stereocenters. The van der Waals surface area contributed by atoms with Crippen molar-refractivity contribution in [2.24, 2.45) is 0 Å². The van der Waals surface area contributed by atoms with Gasteiger partial charge in [-0.25, -0.2) is 14.2 Å². The van der Waals surface area contributed by atoms with Crippen molar-refractivity contribution >= 4 is 16.1 Å². The first kappa shape index (κ1) is 19.6. The molecule has 1 aromatic heterocycles. The number of hydrogen-bond acceptors (Lipinski definition) is 7. The SMILES string of the molecule is COC(=O)C(c1ccc(C#N)cc1F)n1cncc1CCOS(C)(=O)=O. The van der Waals surface area contributed by atoms with Crippen LogP contribution in [0.4, 0.5) is 4.39 Å². The first-order valence-electron chi connectivity index (χ1n) is 7.39. The highest BCUT2D eigenvalue weighted by Crippen LogP contribution is 2.25. The smallest absolute Gasteiger partial charge is 0.333 e. The molecule has 138 valence electrons. The van der Waals surface area contributed by atoms with Crippen molar-refractivity contribution < 1.29 is 26.5 Å². The van der Waals surface area contributed by atoms with Gasteiger partial charge < -0.3 is 9.30 Å². The second kappa shape index (κ2) is 8.07. The summed E-state index contributed by atoms with van der Waals surface area (Å²) in [5.74, 6) is -1.48. The molecule has 0 radical (unpaired) electrons. The Hall–Kier alpha value is -2.77. The van der Waals surface area contributed by atoms with Crippen LogP contribution in [0.1, 0.15) is 22.9 Å². The molecule has 2 aromatic rings. The van der Waals surface area contributed by atoms with E-state index in [1.54, 1.807) is 0 Å². The molecule has 0 aliphatic carbocycles. The van der Waals surface area contributed by atoms with Gasteiger partial charge in [0, 0.05) is 23.9 Å². The number of nitrogens with zero attached hydrogens (tertiary/aromatic N) is 3. The molecule has 1 unspecified atom stereocenters. The summed E-state index contributed by atoms with van der Waals surface area (Å²) in [6.07, 6.45) is 3.78. The van der Waals surface area contributed by atoms with Crippen LogP contribution in [0.3, 0.4) is 0 Å². The van der Waals surface area contributed by atoms with Crippen molar-refractivity contribution in [3.8, 4) is 6.07 Å². The fourth-order valence-electron chi connectivity index (χ4n) is 2.38. The Labute approximate surface area is 149 Å². The predicted molar refractivity (Wildman–Crippen MR) is 88.0 cm³/mol. The number of ether oxygens (including phenoxy) is 1. The molecule has 0 bridgehead atoms. The van der Waals surface area contributed by atoms with Crippen LogP contribution < -0.4 is 0 Å². The number of hydrogen-bond donors (Lipinski definition) is 0. The number of carbonyl (C=O) groups is 1. The summed E-state index contributed by atoms with van der Waals surface area (Å²) in [6, 6.07) is 4.37. The number of halogens is 1. The number of rotatable bonds is 7. The van der Waals surface area contributed by atoms with Crippen molar-refractivity contribution in [3.05, 3.63) is 53.4 Å². The van der Waals surface area contributed by atoms with Crippen LogP contribution in [0.25, 0.3) is 0 Å². The summed E-state index contributed by atoms with van der Waals surface area (Å²) in [7, 11) is -2.44. The molecule has 8 nitrogen and oxygen atoms in total. The van der Waals surface area contributed by atoms with Gasteiger partial charge in [0.05, 0.1) is 37.9 Å². The highest BCUT2D eigenvalue weighted by molar-refractivity contribution is 7.85. The van der Waals surface area contributed by atoms with Gasteiger partial charge in [0.2, 0.25) is 0 Å². The Kier molecular flexibility index (Phi) is 6.07. The fraction of sp³-hybridized carbons (Fsp3) is 0.312. The van der Waals surface area contributed by atoms with Crippen molar-refractivity contribution in [2.45, 2.75) is 12.5 Å². The maximum atomic E-state index is 14.4. The third-order valence-electron chi connectivity index (χ3n) is 3.53. The normalized spacial score (nSPS) is 12.4. The lowest BCUT2D eigenvalue weighted by atomic mass is 10.0. The fourth-order valence-corrected chi connectivity index (χ4v) is 2.76. The Morgan fingerprint density at radius 3 is 2.77 bits per heavy atom. The maximum Gasteiger partial charge on any atom is 0.333 e. The molecule has 0 N–H and O–H groups in total. The Morgan fingerprint density at radius 2 is 2.19 bits per heavy atom. The second-order valence-corrected chi connectivity index (χ2v) is 6.99. The molecule has 0 aliphatic rings. The third kappa shape index (κ3) is 4.65. The van der Waals surface area contributed by atoms with Crippen LogP contribution in [0.5, 0.6) is 0 Å². The van der Waals surface area contributed by atoms with Crippen LogP contribution in [-0.4, -0.2) is 43.9 Å². The predicted octanol–water partition coefficient (Wildman–Crippen LogP) is 1.17. The van der Waals surface area contributed by atoms with E-state index < -0.39 is 27.9 Å². The number of nitriles is 1. The van der Waals surface area contributed by atoms with Crippen molar-refractivity contribution in [2.75, 3.05) is 20.0 Å². The van der Waals surface area contributed by atoms with E-state index in [1.807, 2.05) is 6.07 Å². The zero-order chi connectivity index (χ0) is 19.3. The second-order valence-electron chi connectivity index (χ2n) is 5.34. The lowest BCUT2D eigenvalue weighted by molar-refractivity contribution is -0.143. The monoisotopic (exact) mass is 381 g/mol. The van der Waals surface area contributed by atoms with Crippen LogP contribution in [0.2, 0.25) is 0 Å². The van der Waals surface area contributed by atoms with Gasteiger partial charge >= 0.3 is 5.97 Å². The van der Waals surface area contributed by atoms with Gasteiger partial charge in [0.1, 0.15) is 5.82 Å². The molecule has 0 amide bonds. The quantitative estimate of drug-likeness (QED) is 0.523. The highest BCUT2D eigenvalue weighted by Gasteiger charge is 2.28. The summed E-state index contributed by atoms with van der Waals surface area (Å²) in [5.41, 5.74) is 0.564. The molecular weight excluding hydrogens is 365 g/mol. The van der Waals surface area contributed by atoms with Crippen molar-refractivity contribution in [1.82, 2.24) is 9.55 Å². The van der Waals surface area contributed by atoms with E-state index in [0.29, 0.717) is 5.69 Å². The van der Waals surface area contributed by atoms with E-state index in [9.17, 15) is 17.6 Å². The van der Waals surface area contributed by atoms with Gasteiger partial charge in [-0.05, 0) is 12.1 Å². The molecule has 2 rings (SSSR count). The van der Waals surface area contributed by atoms with Gasteiger partial charge in [0.15, 0.2) is 6.04 Å². The van der Waals surface area contributed by atoms with E-state index in [0.717, 1.165) is 12.3 Å². The lowest BCUT2D eigenvalue weighted by Gasteiger charge is -2.20. The van der Waals surface area contributed by atoms with Crippen LogP contribution >= 0.6 is 0 Å². The number of carbonyl (C=O) groups excluding carboxylic acids is 1. The summed E-state index contributed by atoms with van der Waals surface area (Å²) >= 11 is 0. The number of methoxy groups -OCH3 is 1. The minimum Gasteiger partial charge on any atom is -0.467 e. The highest BCUT2D eigenvalue weighted by atomic mass is 32.2. The minimum atomic E-state index is -3.61. The average Bonchev–Trinajstić information content (AvgIpc) is 3.03. The topological polar surface area (TPSA) is 111 Å². The largest absolute Gasteiger partial charge is 0.467 e. The molecule has 26 heavy (non-hydrogen) atoms. The van der Waals surface area contributed by atoms with E-state index in [2.05, 4.69) is 9.17 Å². The van der Waals surface area contributed by atoms with Crippen LogP contribution in [0.15, 0.2) is 30.7 Å². The molecule has 10 heteroatoms. The molecular formula is C16H16FN3O5S. The van der Waals surface area contributed by atoms with Gasteiger partial charge in [0.25, 0.3) is 10.1 Å². The number of benzene rings is 1. The van der Waals surface area contributed by atoms with Crippen LogP contribution in [-0.2, 0) is 30.3 Å².